The van der Waals surface area contributed by atoms with Gasteiger partial charge in [-0.15, -0.1) is 0 Å². The molecule has 0 saturated carbocycles. The molecule has 0 aliphatic heterocycles. The van der Waals surface area contributed by atoms with Gasteiger partial charge in [-0.1, -0.05) is 49.8 Å². The van der Waals surface area contributed by atoms with E-state index in [-0.39, 0.29) is 0 Å². The maximum absolute atomic E-state index is 5.28. The largest absolute Gasteiger partial charge is 0.368 e. The van der Waals surface area contributed by atoms with E-state index in [1.165, 1.54) is 12.0 Å². The summed E-state index contributed by atoms with van der Waals surface area (Å²) in [5.74, 6) is 0. The molecular weight excluding hydrogens is 190 g/mol. The molecule has 0 aromatic heterocycles. The number of benzene rings is 1. The van der Waals surface area contributed by atoms with E-state index in [0.29, 0.717) is 0 Å². The van der Waals surface area contributed by atoms with Crippen LogP contribution < -0.4 is 0 Å². The van der Waals surface area contributed by atoms with Crippen molar-refractivity contribution in [1.82, 2.24) is 4.90 Å². The van der Waals surface area contributed by atoms with Crippen LogP contribution in [0.2, 0.25) is 0 Å². The van der Waals surface area contributed by atoms with E-state index in [4.69, 9.17) is 12.2 Å². The average Bonchev–Trinajstić information content (AvgIpc) is 2.18. The quantitative estimate of drug-likeness (QED) is 0.701. The number of aryl methyl sites for hydroxylation is 1. The summed E-state index contributed by atoms with van der Waals surface area (Å²) in [6.07, 6.45) is 2.34. The molecule has 0 heterocycles. The Balaban J connectivity index is 2.78. The van der Waals surface area contributed by atoms with Crippen molar-refractivity contribution in [1.29, 1.82) is 0 Å². The van der Waals surface area contributed by atoms with Gasteiger partial charge in [0.2, 0.25) is 0 Å². The fourth-order valence-corrected chi connectivity index (χ4v) is 1.50. The number of nitrogens with zero attached hydrogens (tertiary/aromatic N) is 1. The molecule has 0 bridgehead atoms. The van der Waals surface area contributed by atoms with Crippen molar-refractivity contribution < 1.29 is 0 Å². The van der Waals surface area contributed by atoms with Gasteiger partial charge in [0.1, 0.15) is 4.99 Å². The van der Waals surface area contributed by atoms with Crippen molar-refractivity contribution in [2.75, 3.05) is 14.1 Å². The van der Waals surface area contributed by atoms with Gasteiger partial charge >= 0.3 is 0 Å². The Morgan fingerprint density at radius 2 is 1.79 bits per heavy atom. The van der Waals surface area contributed by atoms with Gasteiger partial charge in [0, 0.05) is 19.7 Å². The first-order valence-electron chi connectivity index (χ1n) is 4.95. The second-order valence-electron chi connectivity index (χ2n) is 3.65. The molecule has 76 valence electrons. The molecule has 0 fully saturated rings. The van der Waals surface area contributed by atoms with Crippen LogP contribution in [0.3, 0.4) is 0 Å². The Morgan fingerprint density at radius 3 is 2.21 bits per heavy atom. The van der Waals surface area contributed by atoms with Crippen molar-refractivity contribution in [2.45, 2.75) is 19.8 Å². The topological polar surface area (TPSA) is 3.24 Å². The summed E-state index contributed by atoms with van der Waals surface area (Å²) < 4.78 is 0. The lowest BCUT2D eigenvalue weighted by Gasteiger charge is -2.13. The third-order valence-corrected chi connectivity index (χ3v) is 2.75. The highest BCUT2D eigenvalue weighted by molar-refractivity contribution is 7.80. The molecule has 0 aliphatic rings. The van der Waals surface area contributed by atoms with Crippen LogP contribution in [0, 0.1) is 0 Å². The molecule has 0 amide bonds. The molecule has 1 aromatic carbocycles. The Labute approximate surface area is 91.7 Å². The summed E-state index contributed by atoms with van der Waals surface area (Å²) in [6.45, 7) is 2.19. The van der Waals surface area contributed by atoms with Gasteiger partial charge in [-0.2, -0.15) is 0 Å². The van der Waals surface area contributed by atoms with Crippen molar-refractivity contribution in [3.05, 3.63) is 35.4 Å². The van der Waals surface area contributed by atoms with E-state index < -0.39 is 0 Å². The van der Waals surface area contributed by atoms with Crippen molar-refractivity contribution in [3.8, 4) is 0 Å². The lowest BCUT2D eigenvalue weighted by molar-refractivity contribution is 0.636. The predicted octanol–water partition coefficient (Wildman–Crippen LogP) is 2.88. The van der Waals surface area contributed by atoms with Crippen molar-refractivity contribution >= 4 is 17.2 Å². The molecule has 0 aliphatic carbocycles. The Morgan fingerprint density at radius 1 is 1.21 bits per heavy atom. The molecule has 1 aromatic rings. The van der Waals surface area contributed by atoms with Gasteiger partial charge in [-0.25, -0.2) is 0 Å². The lowest BCUT2D eigenvalue weighted by Crippen LogP contribution is -2.20. The number of hydrogen-bond acceptors (Lipinski definition) is 1. The molecule has 14 heavy (non-hydrogen) atoms. The van der Waals surface area contributed by atoms with E-state index in [1.807, 2.05) is 19.0 Å². The van der Waals surface area contributed by atoms with Crippen LogP contribution in [0.15, 0.2) is 24.3 Å². The van der Waals surface area contributed by atoms with E-state index >= 15 is 0 Å². The number of thiocarbonyl (C=S) groups is 1. The maximum atomic E-state index is 5.28. The normalized spacial score (nSPS) is 9.93. The van der Waals surface area contributed by atoms with E-state index in [0.717, 1.165) is 17.0 Å². The summed E-state index contributed by atoms with van der Waals surface area (Å²) in [5.41, 5.74) is 2.52. The molecule has 0 atom stereocenters. The Bertz CT molecular complexity index is 301. The third-order valence-electron chi connectivity index (χ3n) is 2.15. The average molecular weight is 207 g/mol. The van der Waals surface area contributed by atoms with E-state index in [2.05, 4.69) is 31.2 Å². The maximum Gasteiger partial charge on any atom is 0.108 e. The number of hydrogen-bond donors (Lipinski definition) is 0. The second kappa shape index (κ2) is 5.11. The molecule has 0 saturated heterocycles. The zero-order chi connectivity index (χ0) is 10.6. The molecule has 0 radical (unpaired) electrons. The zero-order valence-electron chi connectivity index (χ0n) is 9.08. The first-order valence-corrected chi connectivity index (χ1v) is 5.36. The van der Waals surface area contributed by atoms with E-state index in [9.17, 15) is 0 Å². The minimum Gasteiger partial charge on any atom is -0.368 e. The van der Waals surface area contributed by atoms with Gasteiger partial charge < -0.3 is 4.90 Å². The smallest absolute Gasteiger partial charge is 0.108 e. The van der Waals surface area contributed by atoms with Crippen molar-refractivity contribution in [3.63, 3.8) is 0 Å². The standard InChI is InChI=1S/C12H17NS/c1-4-5-10-6-8-11(9-7-10)12(14)13(2)3/h6-9H,4-5H2,1-3H3. The summed E-state index contributed by atoms with van der Waals surface area (Å²) >= 11 is 5.28. The molecule has 2 heteroatoms. The number of rotatable bonds is 3. The van der Waals surface area contributed by atoms with E-state index in [1.54, 1.807) is 0 Å². The molecule has 0 N–H and O–H groups in total. The predicted molar refractivity (Wildman–Crippen MR) is 65.8 cm³/mol. The summed E-state index contributed by atoms with van der Waals surface area (Å²) in [7, 11) is 3.95. The van der Waals surface area contributed by atoms with Gasteiger partial charge in [0.05, 0.1) is 0 Å². The third kappa shape index (κ3) is 2.81. The van der Waals surface area contributed by atoms with Crippen LogP contribution >= 0.6 is 12.2 Å². The van der Waals surface area contributed by atoms with Gasteiger partial charge in [0.25, 0.3) is 0 Å². The van der Waals surface area contributed by atoms with Crippen LogP contribution in [0.25, 0.3) is 0 Å². The summed E-state index contributed by atoms with van der Waals surface area (Å²) in [6, 6.07) is 8.53. The highest BCUT2D eigenvalue weighted by Gasteiger charge is 2.02. The lowest BCUT2D eigenvalue weighted by atomic mass is 10.1. The zero-order valence-corrected chi connectivity index (χ0v) is 9.90. The minimum atomic E-state index is 0.896. The monoisotopic (exact) mass is 207 g/mol. The van der Waals surface area contributed by atoms with Gasteiger partial charge in [0.15, 0.2) is 0 Å². The fraction of sp³-hybridized carbons (Fsp3) is 0.417. The van der Waals surface area contributed by atoms with Crippen molar-refractivity contribution in [2.24, 2.45) is 0 Å². The first kappa shape index (κ1) is 11.2. The molecule has 0 unspecified atom stereocenters. The molecular formula is C12H17NS. The fourth-order valence-electron chi connectivity index (χ4n) is 1.36. The highest BCUT2D eigenvalue weighted by Crippen LogP contribution is 2.08. The van der Waals surface area contributed by atoms with Crippen LogP contribution in [-0.4, -0.2) is 24.0 Å². The molecule has 1 nitrogen and oxygen atoms in total. The molecule has 1 rings (SSSR count). The Kier molecular flexibility index (Phi) is 4.08. The summed E-state index contributed by atoms with van der Waals surface area (Å²) in [5, 5.41) is 0. The first-order chi connectivity index (χ1) is 6.65. The van der Waals surface area contributed by atoms with Gasteiger partial charge in [-0.05, 0) is 12.0 Å². The second-order valence-corrected chi connectivity index (χ2v) is 4.03. The minimum absolute atomic E-state index is 0.896. The summed E-state index contributed by atoms with van der Waals surface area (Å²) in [4.78, 5) is 2.86. The SMILES string of the molecule is CCCc1ccc(C(=S)N(C)C)cc1. The van der Waals surface area contributed by atoms with Gasteiger partial charge in [-0.3, -0.25) is 0 Å². The Hall–Kier alpha value is -0.890. The van der Waals surface area contributed by atoms with Crippen LogP contribution in [0.5, 0.6) is 0 Å². The highest BCUT2D eigenvalue weighted by atomic mass is 32.1. The molecule has 0 spiro atoms. The van der Waals surface area contributed by atoms with Crippen LogP contribution in [0.1, 0.15) is 24.5 Å². The van der Waals surface area contributed by atoms with Crippen LogP contribution in [0.4, 0.5) is 0 Å². The van der Waals surface area contributed by atoms with Crippen LogP contribution in [-0.2, 0) is 6.42 Å².